The van der Waals surface area contributed by atoms with Gasteiger partial charge in [-0.15, -0.1) is 0 Å². The molecule has 1 heterocycles. The molecule has 1 aliphatic heterocycles. The highest BCUT2D eigenvalue weighted by molar-refractivity contribution is 5.77. The molecule has 8 heteroatoms. The maximum Gasteiger partial charge on any atom is 0.305 e. The molecule has 2 rings (SSSR count). The number of halogens is 1. The maximum atomic E-state index is 13.4. The van der Waals surface area contributed by atoms with Crippen molar-refractivity contribution in [2.24, 2.45) is 0 Å². The highest BCUT2D eigenvalue weighted by atomic mass is 19.1. The Hall–Kier alpha value is -2.22. The van der Waals surface area contributed by atoms with Crippen LogP contribution in [-0.4, -0.2) is 36.6 Å². The number of hydrogen-bond donors (Lipinski definition) is 2. The summed E-state index contributed by atoms with van der Waals surface area (Å²) in [5.41, 5.74) is -0.624. The molecule has 1 aliphatic rings. The van der Waals surface area contributed by atoms with E-state index in [1.807, 2.05) is 0 Å². The van der Waals surface area contributed by atoms with Gasteiger partial charge in [0.25, 0.3) is 5.91 Å². The SMILES string of the molecule is O=C(COc1ccc([N+](=O)[O-])c(F)c1)NC1CCNCC1. The number of nitro groups is 1. The summed E-state index contributed by atoms with van der Waals surface area (Å²) >= 11 is 0. The Morgan fingerprint density at radius 1 is 1.48 bits per heavy atom. The zero-order valence-electron chi connectivity index (χ0n) is 11.3. The first kappa shape index (κ1) is 15.2. The second-order valence-electron chi connectivity index (χ2n) is 4.75. The number of nitrogens with one attached hydrogen (secondary N) is 2. The lowest BCUT2D eigenvalue weighted by molar-refractivity contribution is -0.387. The average Bonchev–Trinajstić information content (AvgIpc) is 2.46. The van der Waals surface area contributed by atoms with Crippen LogP contribution in [0.3, 0.4) is 0 Å². The molecule has 1 aromatic carbocycles. The third kappa shape index (κ3) is 4.38. The molecule has 1 saturated heterocycles. The molecule has 2 N–H and O–H groups in total. The number of carbonyl (C=O) groups excluding carboxylic acids is 1. The number of nitro benzene ring substituents is 1. The van der Waals surface area contributed by atoms with Crippen LogP contribution in [-0.2, 0) is 4.79 Å². The fraction of sp³-hybridized carbons (Fsp3) is 0.462. The van der Waals surface area contributed by atoms with E-state index in [0.29, 0.717) is 0 Å². The van der Waals surface area contributed by atoms with Crippen LogP contribution in [0.25, 0.3) is 0 Å². The van der Waals surface area contributed by atoms with Crippen molar-refractivity contribution in [3.8, 4) is 5.75 Å². The molecule has 1 aromatic rings. The topological polar surface area (TPSA) is 93.5 Å². The molecule has 7 nitrogen and oxygen atoms in total. The minimum atomic E-state index is -0.990. The van der Waals surface area contributed by atoms with E-state index in [0.717, 1.165) is 38.1 Å². The van der Waals surface area contributed by atoms with Gasteiger partial charge in [0.2, 0.25) is 5.82 Å². The van der Waals surface area contributed by atoms with E-state index in [9.17, 15) is 19.3 Å². The molecule has 0 unspecified atom stereocenters. The fourth-order valence-corrected chi connectivity index (χ4v) is 2.11. The predicted molar refractivity (Wildman–Crippen MR) is 72.6 cm³/mol. The second-order valence-corrected chi connectivity index (χ2v) is 4.75. The van der Waals surface area contributed by atoms with Gasteiger partial charge in [-0.1, -0.05) is 0 Å². The van der Waals surface area contributed by atoms with Gasteiger partial charge in [-0.3, -0.25) is 14.9 Å². The number of carbonyl (C=O) groups is 1. The number of benzene rings is 1. The van der Waals surface area contributed by atoms with Crippen LogP contribution >= 0.6 is 0 Å². The van der Waals surface area contributed by atoms with Gasteiger partial charge in [-0.05, 0) is 32.0 Å². The summed E-state index contributed by atoms with van der Waals surface area (Å²) in [6, 6.07) is 3.29. The van der Waals surface area contributed by atoms with Crippen LogP contribution < -0.4 is 15.4 Å². The third-order valence-corrected chi connectivity index (χ3v) is 3.19. The minimum absolute atomic E-state index is 0.0820. The van der Waals surface area contributed by atoms with E-state index in [1.54, 1.807) is 0 Å². The Balaban J connectivity index is 1.83. The first-order valence-corrected chi connectivity index (χ1v) is 6.63. The smallest absolute Gasteiger partial charge is 0.305 e. The Morgan fingerprint density at radius 3 is 2.81 bits per heavy atom. The molecule has 1 fully saturated rings. The summed E-state index contributed by atoms with van der Waals surface area (Å²) in [4.78, 5) is 21.3. The Bertz CT molecular complexity index is 532. The van der Waals surface area contributed by atoms with Crippen LogP contribution in [0.1, 0.15) is 12.8 Å². The van der Waals surface area contributed by atoms with Gasteiger partial charge in [0, 0.05) is 18.2 Å². The summed E-state index contributed by atoms with van der Waals surface area (Å²) in [5.74, 6) is -1.20. The lowest BCUT2D eigenvalue weighted by atomic mass is 10.1. The molecule has 21 heavy (non-hydrogen) atoms. The molecule has 0 bridgehead atoms. The van der Waals surface area contributed by atoms with Crippen molar-refractivity contribution in [1.29, 1.82) is 0 Å². The average molecular weight is 297 g/mol. The summed E-state index contributed by atoms with van der Waals surface area (Å²) < 4.78 is 18.5. The van der Waals surface area contributed by atoms with Gasteiger partial charge in [-0.25, -0.2) is 0 Å². The number of piperidine rings is 1. The quantitative estimate of drug-likeness (QED) is 0.624. The zero-order chi connectivity index (χ0) is 15.2. The standard InChI is InChI=1S/C13H16FN3O4/c14-11-7-10(1-2-12(11)17(19)20)21-8-13(18)16-9-3-5-15-6-4-9/h1-2,7,9,15H,3-6,8H2,(H,16,18). The van der Waals surface area contributed by atoms with Crippen molar-refractivity contribution in [2.45, 2.75) is 18.9 Å². The Labute approximate surface area is 120 Å². The van der Waals surface area contributed by atoms with Gasteiger partial charge in [0.1, 0.15) is 5.75 Å². The van der Waals surface area contributed by atoms with Crippen LogP contribution in [0.2, 0.25) is 0 Å². The van der Waals surface area contributed by atoms with Crippen molar-refractivity contribution in [2.75, 3.05) is 19.7 Å². The van der Waals surface area contributed by atoms with Crippen molar-refractivity contribution < 1.29 is 18.8 Å². The highest BCUT2D eigenvalue weighted by Crippen LogP contribution is 2.22. The summed E-state index contributed by atoms with van der Waals surface area (Å²) in [6.45, 7) is 1.47. The van der Waals surface area contributed by atoms with Crippen LogP contribution in [0.4, 0.5) is 10.1 Å². The van der Waals surface area contributed by atoms with Crippen molar-refractivity contribution in [3.05, 3.63) is 34.1 Å². The number of ether oxygens (including phenoxy) is 1. The summed E-state index contributed by atoms with van der Waals surface area (Å²) in [7, 11) is 0. The molecular formula is C13H16FN3O4. The molecule has 0 radical (unpaired) electrons. The maximum absolute atomic E-state index is 13.4. The molecule has 1 amide bonds. The first-order chi connectivity index (χ1) is 10.1. The van der Waals surface area contributed by atoms with Crippen molar-refractivity contribution in [1.82, 2.24) is 10.6 Å². The highest BCUT2D eigenvalue weighted by Gasteiger charge is 2.17. The van der Waals surface area contributed by atoms with Gasteiger partial charge in [-0.2, -0.15) is 4.39 Å². The Kier molecular flexibility index (Phi) is 5.04. The monoisotopic (exact) mass is 297 g/mol. The first-order valence-electron chi connectivity index (χ1n) is 6.63. The van der Waals surface area contributed by atoms with E-state index >= 15 is 0 Å². The number of nitrogens with zero attached hydrogens (tertiary/aromatic N) is 1. The molecule has 0 saturated carbocycles. The third-order valence-electron chi connectivity index (χ3n) is 3.19. The lowest BCUT2D eigenvalue weighted by Gasteiger charge is -2.23. The van der Waals surface area contributed by atoms with Gasteiger partial charge in [0.05, 0.1) is 4.92 Å². The fourth-order valence-electron chi connectivity index (χ4n) is 2.11. The molecule has 114 valence electrons. The zero-order valence-corrected chi connectivity index (χ0v) is 11.3. The van der Waals surface area contributed by atoms with E-state index < -0.39 is 16.4 Å². The molecule has 0 atom stereocenters. The molecule has 0 aliphatic carbocycles. The van der Waals surface area contributed by atoms with E-state index in [1.165, 1.54) is 6.07 Å². The van der Waals surface area contributed by atoms with Crippen LogP contribution in [0, 0.1) is 15.9 Å². The van der Waals surface area contributed by atoms with Gasteiger partial charge in [0.15, 0.2) is 6.61 Å². The van der Waals surface area contributed by atoms with Crippen molar-refractivity contribution in [3.63, 3.8) is 0 Å². The van der Waals surface area contributed by atoms with Crippen molar-refractivity contribution >= 4 is 11.6 Å². The van der Waals surface area contributed by atoms with E-state index in [2.05, 4.69) is 10.6 Å². The van der Waals surface area contributed by atoms with E-state index in [4.69, 9.17) is 4.74 Å². The predicted octanol–water partition coefficient (Wildman–Crippen LogP) is 0.981. The number of hydrogen-bond acceptors (Lipinski definition) is 5. The van der Waals surface area contributed by atoms with Gasteiger partial charge < -0.3 is 15.4 Å². The molecular weight excluding hydrogens is 281 g/mol. The number of amides is 1. The molecule has 0 aromatic heterocycles. The minimum Gasteiger partial charge on any atom is -0.484 e. The lowest BCUT2D eigenvalue weighted by Crippen LogP contribution is -2.44. The largest absolute Gasteiger partial charge is 0.484 e. The van der Waals surface area contributed by atoms with Crippen LogP contribution in [0.5, 0.6) is 5.75 Å². The summed E-state index contributed by atoms with van der Waals surface area (Å²) in [6.07, 6.45) is 1.72. The summed E-state index contributed by atoms with van der Waals surface area (Å²) in [5, 5.41) is 16.5. The van der Waals surface area contributed by atoms with Gasteiger partial charge >= 0.3 is 5.69 Å². The number of rotatable bonds is 5. The second kappa shape index (κ2) is 6.98. The van der Waals surface area contributed by atoms with E-state index in [-0.39, 0.29) is 24.3 Å². The molecule has 0 spiro atoms. The normalized spacial score (nSPS) is 15.5. The van der Waals surface area contributed by atoms with Crippen LogP contribution in [0.15, 0.2) is 18.2 Å². The Morgan fingerprint density at radius 2 is 2.19 bits per heavy atom.